The number of rotatable bonds is 0. The third-order valence-electron chi connectivity index (χ3n) is 4.55. The number of hydrogen-bond acceptors (Lipinski definition) is 4. The molecule has 6 atom stereocenters. The van der Waals surface area contributed by atoms with Crippen molar-refractivity contribution in [3.8, 4) is 0 Å². The Bertz CT molecular complexity index is 443. The average Bonchev–Trinajstić information content (AvgIpc) is 2.78. The highest BCUT2D eigenvalue weighted by atomic mass is 16.8. The van der Waals surface area contributed by atoms with Gasteiger partial charge in [0.1, 0.15) is 0 Å². The lowest BCUT2D eigenvalue weighted by molar-refractivity contribution is -0.150. The van der Waals surface area contributed by atoms with Crippen molar-refractivity contribution in [2.75, 3.05) is 0 Å². The van der Waals surface area contributed by atoms with Crippen LogP contribution in [0.2, 0.25) is 0 Å². The maximum atomic E-state index is 11.9. The zero-order valence-electron chi connectivity index (χ0n) is 10.3. The largest absolute Gasteiger partial charge is 0.344 e. The fourth-order valence-electron chi connectivity index (χ4n) is 3.98. The maximum Gasteiger partial charge on any atom is 0.231 e. The van der Waals surface area contributed by atoms with Gasteiger partial charge in [-0.25, -0.2) is 0 Å². The van der Waals surface area contributed by atoms with Crippen LogP contribution >= 0.6 is 0 Å². The highest BCUT2D eigenvalue weighted by Gasteiger charge is 2.64. The molecule has 2 aliphatic heterocycles. The predicted molar refractivity (Wildman–Crippen MR) is 60.1 cm³/mol. The monoisotopic (exact) mass is 249 g/mol. The van der Waals surface area contributed by atoms with Crippen LogP contribution in [0.4, 0.5) is 0 Å². The van der Waals surface area contributed by atoms with Crippen molar-refractivity contribution in [2.24, 2.45) is 23.7 Å². The minimum absolute atomic E-state index is 0.0433. The lowest BCUT2D eigenvalue weighted by Gasteiger charge is -2.44. The van der Waals surface area contributed by atoms with Crippen molar-refractivity contribution in [1.82, 2.24) is 5.32 Å². The normalized spacial score (nSPS) is 51.2. The van der Waals surface area contributed by atoms with Crippen LogP contribution in [0.1, 0.15) is 13.8 Å². The second-order valence-electron chi connectivity index (χ2n) is 6.01. The first-order chi connectivity index (χ1) is 8.48. The Hall–Kier alpha value is -1.20. The lowest BCUT2D eigenvalue weighted by atomic mass is 9.60. The first kappa shape index (κ1) is 10.7. The summed E-state index contributed by atoms with van der Waals surface area (Å²) in [5, 5.41) is 2.44. The van der Waals surface area contributed by atoms with Gasteiger partial charge in [-0.3, -0.25) is 14.9 Å². The Balaban J connectivity index is 1.79. The molecule has 3 fully saturated rings. The van der Waals surface area contributed by atoms with Gasteiger partial charge in [-0.15, -0.1) is 0 Å². The van der Waals surface area contributed by atoms with Crippen LogP contribution in [-0.2, 0) is 19.1 Å². The highest BCUT2D eigenvalue weighted by molar-refractivity contribution is 6.06. The van der Waals surface area contributed by atoms with Gasteiger partial charge in [0.05, 0.1) is 24.0 Å². The Morgan fingerprint density at radius 3 is 1.89 bits per heavy atom. The van der Waals surface area contributed by atoms with Crippen LogP contribution in [0.5, 0.6) is 0 Å². The van der Waals surface area contributed by atoms with Gasteiger partial charge < -0.3 is 9.47 Å². The molecule has 96 valence electrons. The van der Waals surface area contributed by atoms with E-state index in [0.717, 1.165) is 0 Å². The van der Waals surface area contributed by atoms with Gasteiger partial charge in [-0.05, 0) is 13.8 Å². The predicted octanol–water partition coefficient (Wildman–Crippen LogP) is 0.211. The zero-order valence-corrected chi connectivity index (χ0v) is 10.3. The lowest BCUT2D eigenvalue weighted by Crippen LogP contribution is -2.54. The van der Waals surface area contributed by atoms with Crippen LogP contribution in [-0.4, -0.2) is 29.8 Å². The van der Waals surface area contributed by atoms with E-state index in [0.29, 0.717) is 0 Å². The average molecular weight is 249 g/mol. The topological polar surface area (TPSA) is 64.6 Å². The Kier molecular flexibility index (Phi) is 1.80. The van der Waals surface area contributed by atoms with E-state index in [1.807, 2.05) is 26.0 Å². The third-order valence-corrected chi connectivity index (χ3v) is 4.55. The number of nitrogens with one attached hydrogen (secondary N) is 1. The number of carbonyl (C=O) groups is 2. The smallest absolute Gasteiger partial charge is 0.231 e. The molecule has 0 aromatic rings. The summed E-state index contributed by atoms with van der Waals surface area (Å²) in [7, 11) is 0. The summed E-state index contributed by atoms with van der Waals surface area (Å²) in [5.41, 5.74) is 0. The minimum atomic E-state index is -0.629. The quantitative estimate of drug-likeness (QED) is 0.492. The Labute approximate surface area is 105 Å². The number of imide groups is 1. The second kappa shape index (κ2) is 3.03. The summed E-state index contributed by atoms with van der Waals surface area (Å²) in [4.78, 5) is 23.8. The molecule has 5 nitrogen and oxygen atoms in total. The van der Waals surface area contributed by atoms with Crippen LogP contribution in [0.15, 0.2) is 12.2 Å². The first-order valence-corrected chi connectivity index (χ1v) is 6.37. The summed E-state index contributed by atoms with van der Waals surface area (Å²) in [5.74, 6) is -1.57. The summed E-state index contributed by atoms with van der Waals surface area (Å²) in [6.07, 6.45) is 3.84. The van der Waals surface area contributed by atoms with E-state index in [-0.39, 0.29) is 47.7 Å². The number of hydrogen-bond donors (Lipinski definition) is 1. The van der Waals surface area contributed by atoms with E-state index >= 15 is 0 Å². The summed E-state index contributed by atoms with van der Waals surface area (Å²) < 4.78 is 11.8. The van der Waals surface area contributed by atoms with E-state index in [4.69, 9.17) is 9.47 Å². The minimum Gasteiger partial charge on any atom is -0.344 e. The fraction of sp³-hybridized carbons (Fsp3) is 0.692. The first-order valence-electron chi connectivity index (χ1n) is 6.37. The molecular weight excluding hydrogens is 234 g/mol. The Morgan fingerprint density at radius 2 is 1.44 bits per heavy atom. The molecular formula is C13H15NO4. The van der Waals surface area contributed by atoms with Gasteiger partial charge >= 0.3 is 0 Å². The molecule has 0 aromatic carbocycles. The van der Waals surface area contributed by atoms with Gasteiger partial charge in [0.15, 0.2) is 5.79 Å². The van der Waals surface area contributed by atoms with Crippen LogP contribution in [0.3, 0.4) is 0 Å². The molecule has 2 bridgehead atoms. The fourth-order valence-corrected chi connectivity index (χ4v) is 3.98. The SMILES string of the molecule is CC1(C)O[C@@H]2[C@H]3C=C[C@@H]([C@@H]2O1)[C@@H]1C(=O)NC(=O)[C@H]31. The Morgan fingerprint density at radius 1 is 1.00 bits per heavy atom. The molecule has 0 unspecified atom stereocenters. The molecule has 1 saturated carbocycles. The molecule has 1 N–H and O–H groups in total. The van der Waals surface area contributed by atoms with Gasteiger partial charge in [0.2, 0.25) is 11.8 Å². The molecule has 3 aliphatic carbocycles. The number of ether oxygens (including phenoxy) is 2. The molecule has 0 aromatic heterocycles. The number of carbonyl (C=O) groups excluding carboxylic acids is 2. The molecule has 2 saturated heterocycles. The molecule has 0 radical (unpaired) electrons. The molecule has 5 heteroatoms. The summed E-state index contributed by atoms with van der Waals surface area (Å²) in [6.45, 7) is 3.75. The van der Waals surface area contributed by atoms with Gasteiger partial charge in [0.25, 0.3) is 0 Å². The molecule has 18 heavy (non-hydrogen) atoms. The van der Waals surface area contributed by atoms with Crippen molar-refractivity contribution in [2.45, 2.75) is 31.8 Å². The summed E-state index contributed by atoms with van der Waals surface area (Å²) >= 11 is 0. The van der Waals surface area contributed by atoms with Crippen molar-refractivity contribution < 1.29 is 19.1 Å². The van der Waals surface area contributed by atoms with Crippen LogP contribution in [0.25, 0.3) is 0 Å². The molecule has 5 aliphatic rings. The standard InChI is InChI=1S/C13H15NO4/c1-13(2)17-9-5-3-4-6(10(9)18-13)8-7(5)11(15)14-12(8)16/h3-10H,1-2H3,(H,14,15,16)/t5-,6+,7+,8-,9+,10-. The van der Waals surface area contributed by atoms with Crippen molar-refractivity contribution in [3.05, 3.63) is 12.2 Å². The van der Waals surface area contributed by atoms with Crippen LogP contribution in [0, 0.1) is 23.7 Å². The van der Waals surface area contributed by atoms with Gasteiger partial charge in [0, 0.05) is 11.8 Å². The van der Waals surface area contributed by atoms with E-state index < -0.39 is 5.79 Å². The van der Waals surface area contributed by atoms with E-state index in [2.05, 4.69) is 5.32 Å². The van der Waals surface area contributed by atoms with Crippen molar-refractivity contribution in [3.63, 3.8) is 0 Å². The van der Waals surface area contributed by atoms with Crippen molar-refractivity contribution in [1.29, 1.82) is 0 Å². The third kappa shape index (κ3) is 1.14. The molecule has 5 rings (SSSR count). The number of amides is 2. The van der Waals surface area contributed by atoms with Crippen molar-refractivity contribution >= 4 is 11.8 Å². The molecule has 0 spiro atoms. The second-order valence-corrected chi connectivity index (χ2v) is 6.01. The van der Waals surface area contributed by atoms with E-state index in [1.165, 1.54) is 0 Å². The molecule has 2 heterocycles. The zero-order chi connectivity index (χ0) is 12.7. The molecule has 2 amide bonds. The van der Waals surface area contributed by atoms with Gasteiger partial charge in [-0.1, -0.05) is 12.2 Å². The summed E-state index contributed by atoms with van der Waals surface area (Å²) in [6, 6.07) is 0. The van der Waals surface area contributed by atoms with Gasteiger partial charge in [-0.2, -0.15) is 0 Å². The highest BCUT2D eigenvalue weighted by Crippen LogP contribution is 2.53. The van der Waals surface area contributed by atoms with E-state index in [1.54, 1.807) is 0 Å². The van der Waals surface area contributed by atoms with E-state index in [9.17, 15) is 9.59 Å². The maximum absolute atomic E-state index is 11.9. The van der Waals surface area contributed by atoms with Crippen LogP contribution < -0.4 is 5.32 Å².